The molecule has 0 bridgehead atoms. The maximum Gasteiger partial charge on any atom is 0.470 e. The van der Waals surface area contributed by atoms with Crippen LogP contribution in [0.2, 0.25) is 0 Å². The maximum atomic E-state index is 15.3. The number of quaternary nitrogens is 1. The molecule has 2 N–H and O–H groups in total. The van der Waals surface area contributed by atoms with Crippen LogP contribution in [0.5, 0.6) is 0 Å². The van der Waals surface area contributed by atoms with Gasteiger partial charge in [-0.1, -0.05) is 195 Å². The summed E-state index contributed by atoms with van der Waals surface area (Å²) in [5.74, 6) is -1.20. The molecule has 0 amide bonds. The van der Waals surface area contributed by atoms with Crippen LogP contribution < -0.4 is 0 Å². The monoisotopic (exact) mass is 813 g/mol. The summed E-state index contributed by atoms with van der Waals surface area (Å²) >= 11 is 0. The lowest BCUT2D eigenvalue weighted by atomic mass is 9.90. The molecule has 0 aromatic rings. The van der Waals surface area contributed by atoms with Gasteiger partial charge in [0.05, 0.1) is 34.4 Å². The van der Waals surface area contributed by atoms with Crippen molar-refractivity contribution in [2.75, 3.05) is 34.4 Å². The Kier molecular flexibility index (Phi) is 35.7. The van der Waals surface area contributed by atoms with Crippen LogP contribution in [-0.4, -0.2) is 73.5 Å². The fourth-order valence-corrected chi connectivity index (χ4v) is 8.27. The summed E-state index contributed by atoms with van der Waals surface area (Å²) in [4.78, 5) is 19.6. The zero-order valence-corrected chi connectivity index (χ0v) is 38.2. The predicted molar refractivity (Wildman–Crippen MR) is 229 cm³/mol. The first-order valence-corrected chi connectivity index (χ1v) is 24.8. The molecular weight excluding hydrogens is 719 g/mol. The van der Waals surface area contributed by atoms with Gasteiger partial charge in [0.1, 0.15) is 12.1 Å². The molecule has 0 fully saturated rings. The Hall–Kier alpha value is -0.150. The fraction of sp³-hybridized carbons (Fsp3) is 1.00. The minimum Gasteiger partial charge on any atom is -0.348 e. The van der Waals surface area contributed by atoms with Gasteiger partial charge < -0.3 is 23.7 Å². The number of hydrogen-bond donors (Lipinski definition) is 2. The molecule has 0 saturated carbocycles. The molecule has 0 heterocycles. The number of phosphoric ester groups is 1. The van der Waals surface area contributed by atoms with Crippen LogP contribution in [0.1, 0.15) is 220 Å². The normalized spacial score (nSPS) is 15.9. The van der Waals surface area contributed by atoms with Crippen molar-refractivity contribution in [3.05, 3.63) is 0 Å². The van der Waals surface area contributed by atoms with Gasteiger partial charge in [0, 0.05) is 18.3 Å². The number of halogens is 2. The van der Waals surface area contributed by atoms with Gasteiger partial charge in [0.25, 0.3) is 0 Å². The average Bonchev–Trinajstić information content (AvgIpc) is 3.12. The molecule has 0 aliphatic carbocycles. The van der Waals surface area contributed by atoms with Crippen LogP contribution in [0.4, 0.5) is 8.78 Å². The van der Waals surface area contributed by atoms with Crippen LogP contribution in [0.25, 0.3) is 0 Å². The van der Waals surface area contributed by atoms with Crippen molar-refractivity contribution < 1.29 is 41.6 Å². The van der Waals surface area contributed by atoms with E-state index in [1.807, 2.05) is 21.1 Å². The maximum absolute atomic E-state index is 15.3. The van der Waals surface area contributed by atoms with Crippen LogP contribution in [0.15, 0.2) is 0 Å². The lowest BCUT2D eigenvalue weighted by Crippen LogP contribution is -2.54. The Morgan fingerprint density at radius 3 is 1.04 bits per heavy atom. The number of likely N-dealkylation sites (N-methyl/N-ethyl adjacent to an activating group) is 1. The molecule has 0 radical (unpaired) electrons. The van der Waals surface area contributed by atoms with Crippen molar-refractivity contribution in [2.24, 2.45) is 11.8 Å². The third kappa shape index (κ3) is 34.4. The van der Waals surface area contributed by atoms with E-state index in [-0.39, 0.29) is 17.3 Å². The molecule has 0 spiro atoms. The molecule has 55 heavy (non-hydrogen) atoms. The van der Waals surface area contributed by atoms with Crippen LogP contribution in [0.3, 0.4) is 0 Å². The molecule has 0 aliphatic heterocycles. The van der Waals surface area contributed by atoms with E-state index < -0.39 is 44.5 Å². The Morgan fingerprint density at radius 1 is 0.491 bits per heavy atom. The molecule has 0 aliphatic rings. The molecule has 6 atom stereocenters. The number of phosphoric acid groups is 1. The van der Waals surface area contributed by atoms with Gasteiger partial charge in [0.15, 0.2) is 0 Å². The molecule has 0 aromatic heterocycles. The smallest absolute Gasteiger partial charge is 0.348 e. The lowest BCUT2D eigenvalue weighted by Gasteiger charge is -2.41. The minimum atomic E-state index is -4.90. The van der Waals surface area contributed by atoms with E-state index in [1.165, 1.54) is 141 Å². The summed E-state index contributed by atoms with van der Waals surface area (Å²) in [7, 11) is 0.769. The minimum absolute atomic E-state index is 0.0365. The van der Waals surface area contributed by atoms with Crippen LogP contribution >= 0.6 is 7.82 Å². The molecule has 0 rings (SSSR count). The van der Waals surface area contributed by atoms with Crippen molar-refractivity contribution in [3.63, 3.8) is 0 Å². The molecule has 6 unspecified atom stereocenters. The number of ether oxygens (including phenoxy) is 2. The number of hydrogen-bond acceptors (Lipinski definition) is 4. The standard InChI is InChI=1S/C45H92F2NO6P/c1-8-10-12-14-16-18-20-22-24-26-28-30-32-34-36-52-44(46)40(3)38-42(48(5,6)7)43(54-55(49,50)51)39-41(4)45(47)53-37-35-33-31-29-27-25-23-21-19-17-15-13-11-9-2/h40-45H,8-39H2,1-7H3,(H-,49,50,51)/p+1. The van der Waals surface area contributed by atoms with E-state index in [9.17, 15) is 14.4 Å². The summed E-state index contributed by atoms with van der Waals surface area (Å²) in [5, 5.41) is 0. The van der Waals surface area contributed by atoms with Gasteiger partial charge >= 0.3 is 7.82 Å². The number of alkyl halides is 2. The Balaban J connectivity index is 4.50. The summed E-state index contributed by atoms with van der Waals surface area (Å²) in [6.07, 6.45) is 31.2. The highest BCUT2D eigenvalue weighted by molar-refractivity contribution is 7.46. The van der Waals surface area contributed by atoms with Crippen molar-refractivity contribution >= 4 is 7.82 Å². The largest absolute Gasteiger partial charge is 0.470 e. The van der Waals surface area contributed by atoms with Gasteiger partial charge in [-0.25, -0.2) is 13.3 Å². The molecule has 332 valence electrons. The molecule has 7 nitrogen and oxygen atoms in total. The number of nitrogens with zero attached hydrogens (tertiary/aromatic N) is 1. The van der Waals surface area contributed by atoms with Crippen LogP contribution in [-0.2, 0) is 18.6 Å². The summed E-state index contributed by atoms with van der Waals surface area (Å²) in [6.45, 7) is 8.60. The first-order valence-electron chi connectivity index (χ1n) is 23.3. The van der Waals surface area contributed by atoms with E-state index in [0.29, 0.717) is 13.2 Å². The van der Waals surface area contributed by atoms with E-state index in [4.69, 9.17) is 14.0 Å². The highest BCUT2D eigenvalue weighted by atomic mass is 31.2. The van der Waals surface area contributed by atoms with Crippen molar-refractivity contribution in [2.45, 2.75) is 245 Å². The van der Waals surface area contributed by atoms with E-state index in [2.05, 4.69) is 13.8 Å². The summed E-state index contributed by atoms with van der Waals surface area (Å²) in [5.41, 5.74) is 0. The number of unbranched alkanes of at least 4 members (excludes halogenated alkanes) is 26. The molecular formula is C45H93F2NO6P+. The first kappa shape index (κ1) is 54.9. The first-order chi connectivity index (χ1) is 26.2. The second-order valence-corrected chi connectivity index (χ2v) is 19.1. The number of rotatable bonds is 42. The van der Waals surface area contributed by atoms with Gasteiger partial charge in [-0.3, -0.25) is 4.52 Å². The third-order valence-electron chi connectivity index (χ3n) is 11.4. The Morgan fingerprint density at radius 2 is 0.764 bits per heavy atom. The van der Waals surface area contributed by atoms with Crippen LogP contribution in [0, 0.1) is 11.8 Å². The summed E-state index contributed by atoms with van der Waals surface area (Å²) < 4.78 is 59.3. The van der Waals surface area contributed by atoms with Crippen molar-refractivity contribution in [3.8, 4) is 0 Å². The fourth-order valence-electron chi connectivity index (χ4n) is 7.69. The average molecular weight is 813 g/mol. The third-order valence-corrected chi connectivity index (χ3v) is 11.9. The van der Waals surface area contributed by atoms with E-state index >= 15 is 8.78 Å². The van der Waals surface area contributed by atoms with E-state index in [1.54, 1.807) is 13.8 Å². The quantitative estimate of drug-likeness (QED) is 0.0363. The zero-order valence-electron chi connectivity index (χ0n) is 37.3. The van der Waals surface area contributed by atoms with Crippen molar-refractivity contribution in [1.29, 1.82) is 0 Å². The Labute approximate surface area is 340 Å². The SMILES string of the molecule is CCCCCCCCCCCCCCCCOC(F)C(C)CC(OP(=O)(O)O)C(CC(C)C(F)OCCCCCCCCCCCCCCCC)[N+](C)(C)C. The molecule has 0 saturated heterocycles. The van der Waals surface area contributed by atoms with Gasteiger partial charge in [-0.15, -0.1) is 0 Å². The topological polar surface area (TPSA) is 85.2 Å². The van der Waals surface area contributed by atoms with Gasteiger partial charge in [-0.2, -0.15) is 0 Å². The second-order valence-electron chi connectivity index (χ2n) is 17.9. The molecule has 10 heteroatoms. The molecule has 0 aromatic carbocycles. The zero-order chi connectivity index (χ0) is 41.2. The van der Waals surface area contributed by atoms with Crippen molar-refractivity contribution in [1.82, 2.24) is 0 Å². The highest BCUT2D eigenvalue weighted by Crippen LogP contribution is 2.42. The lowest BCUT2D eigenvalue weighted by molar-refractivity contribution is -0.900. The van der Waals surface area contributed by atoms with E-state index in [0.717, 1.165) is 38.5 Å². The predicted octanol–water partition coefficient (Wildman–Crippen LogP) is 14.2. The second kappa shape index (κ2) is 35.8. The highest BCUT2D eigenvalue weighted by Gasteiger charge is 2.41. The van der Waals surface area contributed by atoms with Gasteiger partial charge in [0.2, 0.25) is 12.7 Å². The summed E-state index contributed by atoms with van der Waals surface area (Å²) in [6, 6.07) is -0.508. The van der Waals surface area contributed by atoms with Gasteiger partial charge in [-0.05, 0) is 19.3 Å². The Bertz CT molecular complexity index is 875.